The summed E-state index contributed by atoms with van der Waals surface area (Å²) in [5, 5.41) is 4.94. The number of aromatic nitrogens is 2. The van der Waals surface area contributed by atoms with E-state index in [1.807, 2.05) is 12.4 Å². The van der Waals surface area contributed by atoms with Crippen molar-refractivity contribution in [2.75, 3.05) is 0 Å². The van der Waals surface area contributed by atoms with Gasteiger partial charge in [0.1, 0.15) is 0 Å². The molecule has 0 N–H and O–H groups in total. The van der Waals surface area contributed by atoms with Crippen LogP contribution < -0.4 is 0 Å². The van der Waals surface area contributed by atoms with Gasteiger partial charge in [0.05, 0.1) is 11.4 Å². The van der Waals surface area contributed by atoms with Gasteiger partial charge in [-0.05, 0) is 97.8 Å². The maximum absolute atomic E-state index is 4.75. The van der Waals surface area contributed by atoms with Crippen molar-refractivity contribution < 1.29 is 0 Å². The Hall–Kier alpha value is -4.30. The summed E-state index contributed by atoms with van der Waals surface area (Å²) in [6.07, 6.45) is 13.8. The Labute approximate surface area is 250 Å². The van der Waals surface area contributed by atoms with E-state index in [1.165, 1.54) is 93.5 Å². The Morgan fingerprint density at radius 1 is 0.452 bits per heavy atom. The lowest BCUT2D eigenvalue weighted by Crippen LogP contribution is -1.93. The van der Waals surface area contributed by atoms with Crippen LogP contribution in [0.2, 0.25) is 0 Å². The van der Waals surface area contributed by atoms with Gasteiger partial charge >= 0.3 is 0 Å². The van der Waals surface area contributed by atoms with Crippen molar-refractivity contribution in [3.05, 3.63) is 132 Å². The summed E-state index contributed by atoms with van der Waals surface area (Å²) in [5.41, 5.74) is 10.1. The van der Waals surface area contributed by atoms with Crippen molar-refractivity contribution in [1.82, 2.24) is 9.97 Å². The second-order valence-electron chi connectivity index (χ2n) is 11.8. The van der Waals surface area contributed by atoms with Gasteiger partial charge in [0.2, 0.25) is 0 Å². The molecule has 2 heterocycles. The molecule has 2 heteroatoms. The maximum Gasteiger partial charge on any atom is 0.0780 e. The number of hydrogen-bond acceptors (Lipinski definition) is 2. The predicted octanol–water partition coefficient (Wildman–Crippen LogP) is 10.9. The molecule has 0 aliphatic carbocycles. The molecule has 42 heavy (non-hydrogen) atoms. The molecule has 0 amide bonds. The quantitative estimate of drug-likeness (QED) is 0.150. The van der Waals surface area contributed by atoms with Crippen LogP contribution in [0.4, 0.5) is 0 Å². The summed E-state index contributed by atoms with van der Waals surface area (Å²) in [6.45, 7) is 4.40. The Morgan fingerprint density at radius 2 is 0.881 bits per heavy atom. The molecule has 0 unspecified atom stereocenters. The number of hydrogen-bond donors (Lipinski definition) is 0. The topological polar surface area (TPSA) is 25.8 Å². The number of rotatable bonds is 11. The summed E-state index contributed by atoms with van der Waals surface area (Å²) in [6, 6.07) is 35.2. The van der Waals surface area contributed by atoms with E-state index in [9.17, 15) is 0 Å². The van der Waals surface area contributed by atoms with Gasteiger partial charge in [-0.15, -0.1) is 0 Å². The largest absolute Gasteiger partial charge is 0.256 e. The molecular formula is C40H40N2. The van der Waals surface area contributed by atoms with E-state index in [0.29, 0.717) is 0 Å². The summed E-state index contributed by atoms with van der Waals surface area (Å²) in [4.78, 5) is 9.51. The van der Waals surface area contributed by atoms with Gasteiger partial charge in [-0.3, -0.25) is 9.97 Å². The van der Waals surface area contributed by atoms with Crippen LogP contribution in [0.1, 0.15) is 60.8 Å². The molecule has 0 saturated heterocycles. The summed E-state index contributed by atoms with van der Waals surface area (Å²) < 4.78 is 0. The third-order valence-electron chi connectivity index (χ3n) is 8.35. The van der Waals surface area contributed by atoms with Gasteiger partial charge in [0, 0.05) is 34.3 Å². The van der Waals surface area contributed by atoms with Crippen molar-refractivity contribution >= 4 is 21.5 Å². The zero-order chi connectivity index (χ0) is 28.7. The number of benzene rings is 4. The molecule has 0 spiro atoms. The monoisotopic (exact) mass is 548 g/mol. The fourth-order valence-electron chi connectivity index (χ4n) is 6.35. The van der Waals surface area contributed by atoms with Gasteiger partial charge in [-0.25, -0.2) is 0 Å². The van der Waals surface area contributed by atoms with Crippen molar-refractivity contribution in [2.24, 2.45) is 0 Å². The van der Waals surface area contributed by atoms with E-state index in [0.717, 1.165) is 24.2 Å². The standard InChI is InChI=1S/C40H40N2/c1-29-23-31(27-35(25-29)39-37-17-11-9-15-33(37)19-21-41-39)13-7-5-3-4-6-8-14-32-24-30(2)26-36(28-32)40-38-18-12-10-16-34(38)20-22-42-40/h9-12,15-28H,3-8,13-14H2,1-2H3. The third kappa shape index (κ3) is 6.60. The third-order valence-corrected chi connectivity index (χ3v) is 8.35. The lowest BCUT2D eigenvalue weighted by Gasteiger charge is -2.10. The van der Waals surface area contributed by atoms with Crippen LogP contribution in [0.25, 0.3) is 44.1 Å². The van der Waals surface area contributed by atoms with Gasteiger partial charge in [0.15, 0.2) is 0 Å². The van der Waals surface area contributed by atoms with E-state index in [1.54, 1.807) is 0 Å². The second kappa shape index (κ2) is 13.1. The van der Waals surface area contributed by atoms with Crippen LogP contribution in [0, 0.1) is 13.8 Å². The molecule has 2 nitrogen and oxygen atoms in total. The first-order valence-corrected chi connectivity index (χ1v) is 15.5. The molecular weight excluding hydrogens is 508 g/mol. The van der Waals surface area contributed by atoms with Crippen LogP contribution in [0.15, 0.2) is 109 Å². The number of pyridine rings is 2. The van der Waals surface area contributed by atoms with Gasteiger partial charge in [-0.1, -0.05) is 97.5 Å². The van der Waals surface area contributed by atoms with Crippen LogP contribution in [-0.2, 0) is 12.8 Å². The molecule has 0 atom stereocenters. The van der Waals surface area contributed by atoms with Crippen molar-refractivity contribution in [2.45, 2.75) is 65.2 Å². The normalized spacial score (nSPS) is 11.4. The summed E-state index contributed by atoms with van der Waals surface area (Å²) in [7, 11) is 0. The highest BCUT2D eigenvalue weighted by atomic mass is 14.7. The average molecular weight is 549 g/mol. The number of aryl methyl sites for hydroxylation is 4. The zero-order valence-electron chi connectivity index (χ0n) is 24.9. The first-order valence-electron chi connectivity index (χ1n) is 15.5. The minimum Gasteiger partial charge on any atom is -0.256 e. The minimum absolute atomic E-state index is 1.09. The molecule has 0 fully saturated rings. The molecule has 0 bridgehead atoms. The van der Waals surface area contributed by atoms with Gasteiger partial charge < -0.3 is 0 Å². The van der Waals surface area contributed by atoms with Crippen LogP contribution >= 0.6 is 0 Å². The number of nitrogens with zero attached hydrogens (tertiary/aromatic N) is 2. The first kappa shape index (κ1) is 27.8. The van der Waals surface area contributed by atoms with Gasteiger partial charge in [0.25, 0.3) is 0 Å². The SMILES string of the molecule is Cc1cc(CCCCCCCCc2cc(C)cc(-c3nccc4ccccc34)c2)cc(-c2nccc3ccccc23)c1. The maximum atomic E-state index is 4.75. The highest BCUT2D eigenvalue weighted by Gasteiger charge is 2.09. The van der Waals surface area contributed by atoms with E-state index in [-0.39, 0.29) is 0 Å². The van der Waals surface area contributed by atoms with Crippen molar-refractivity contribution in [3.8, 4) is 22.5 Å². The zero-order valence-corrected chi connectivity index (χ0v) is 24.9. The highest BCUT2D eigenvalue weighted by molar-refractivity contribution is 5.95. The highest BCUT2D eigenvalue weighted by Crippen LogP contribution is 2.30. The molecule has 6 rings (SSSR count). The lowest BCUT2D eigenvalue weighted by atomic mass is 9.96. The molecule has 2 aromatic heterocycles. The van der Waals surface area contributed by atoms with E-state index in [2.05, 4.69) is 111 Å². The summed E-state index contributed by atoms with van der Waals surface area (Å²) in [5.74, 6) is 0. The molecule has 4 aromatic carbocycles. The molecule has 0 aliphatic heterocycles. The number of unbranched alkanes of at least 4 members (excludes halogenated alkanes) is 5. The van der Waals surface area contributed by atoms with Crippen LogP contribution in [-0.4, -0.2) is 9.97 Å². The van der Waals surface area contributed by atoms with Crippen molar-refractivity contribution in [3.63, 3.8) is 0 Å². The molecule has 210 valence electrons. The fraction of sp³-hybridized carbons (Fsp3) is 0.250. The Balaban J connectivity index is 0.983. The molecule has 0 radical (unpaired) electrons. The van der Waals surface area contributed by atoms with Gasteiger partial charge in [-0.2, -0.15) is 0 Å². The average Bonchev–Trinajstić information content (AvgIpc) is 3.01. The smallest absolute Gasteiger partial charge is 0.0780 e. The van der Waals surface area contributed by atoms with E-state index < -0.39 is 0 Å². The van der Waals surface area contributed by atoms with Crippen LogP contribution in [0.5, 0.6) is 0 Å². The fourth-order valence-corrected chi connectivity index (χ4v) is 6.35. The Morgan fingerprint density at radius 3 is 1.36 bits per heavy atom. The van der Waals surface area contributed by atoms with E-state index >= 15 is 0 Å². The molecule has 6 aromatic rings. The lowest BCUT2D eigenvalue weighted by molar-refractivity contribution is 0.594. The van der Waals surface area contributed by atoms with Crippen LogP contribution in [0.3, 0.4) is 0 Å². The van der Waals surface area contributed by atoms with Crippen molar-refractivity contribution in [1.29, 1.82) is 0 Å². The summed E-state index contributed by atoms with van der Waals surface area (Å²) >= 11 is 0. The van der Waals surface area contributed by atoms with E-state index in [4.69, 9.17) is 9.97 Å². The second-order valence-corrected chi connectivity index (χ2v) is 11.8. The predicted molar refractivity (Wildman–Crippen MR) is 179 cm³/mol. The minimum atomic E-state index is 1.09. The first-order chi connectivity index (χ1) is 20.6. The number of fused-ring (bicyclic) bond motifs is 2. The molecule has 0 saturated carbocycles. The Kier molecular flexibility index (Phi) is 8.70. The molecule has 0 aliphatic rings. The Bertz CT molecular complexity index is 1670.